The van der Waals surface area contributed by atoms with E-state index in [1.54, 1.807) is 6.07 Å². The highest BCUT2D eigenvalue weighted by Gasteiger charge is 2.17. The number of hydrogen-bond donors (Lipinski definition) is 3. The predicted octanol–water partition coefficient (Wildman–Crippen LogP) is 5.08. The highest BCUT2D eigenvalue weighted by Crippen LogP contribution is 2.38. The number of hydrogen-bond acceptors (Lipinski definition) is 4. The quantitative estimate of drug-likeness (QED) is 0.368. The van der Waals surface area contributed by atoms with Gasteiger partial charge in [-0.05, 0) is 110 Å². The molecule has 0 fully saturated rings. The zero-order chi connectivity index (χ0) is 19.6. The lowest BCUT2D eigenvalue weighted by atomic mass is 10.0. The van der Waals surface area contributed by atoms with Crippen LogP contribution in [0.15, 0.2) is 24.3 Å². The van der Waals surface area contributed by atoms with Crippen LogP contribution < -0.4 is 10.5 Å². The maximum atomic E-state index is 11.0. The third-order valence-electron chi connectivity index (χ3n) is 3.74. The minimum atomic E-state index is -1.02. The molecule has 2 aromatic carbocycles. The Morgan fingerprint density at radius 3 is 2.19 bits per heavy atom. The maximum absolute atomic E-state index is 11.0. The Kier molecular flexibility index (Phi) is 7.80. The first-order chi connectivity index (χ1) is 12.1. The molecule has 26 heavy (non-hydrogen) atoms. The Morgan fingerprint density at radius 1 is 1.12 bits per heavy atom. The van der Waals surface area contributed by atoms with E-state index in [-0.39, 0.29) is 18.1 Å². The van der Waals surface area contributed by atoms with Gasteiger partial charge in [0.1, 0.15) is 17.5 Å². The number of ether oxygens (including phenoxy) is 1. The number of aliphatic carboxylic acids is 1. The Hall–Kier alpha value is -0.340. The van der Waals surface area contributed by atoms with Gasteiger partial charge in [0.2, 0.25) is 0 Å². The van der Waals surface area contributed by atoms with Crippen molar-refractivity contribution < 1.29 is 19.7 Å². The van der Waals surface area contributed by atoms with Crippen LogP contribution in [0.3, 0.4) is 0 Å². The molecule has 0 aliphatic rings. The van der Waals surface area contributed by atoms with E-state index in [1.807, 2.05) is 32.0 Å². The summed E-state index contributed by atoms with van der Waals surface area (Å²) in [6.07, 6.45) is 0.260. The number of rotatable bonds is 6. The van der Waals surface area contributed by atoms with Gasteiger partial charge in [-0.25, -0.2) is 0 Å². The average molecular weight is 693 g/mol. The molecule has 1 atom stereocenters. The number of aromatic hydroxyl groups is 1. The van der Waals surface area contributed by atoms with E-state index in [1.165, 1.54) is 0 Å². The third-order valence-corrected chi connectivity index (χ3v) is 6.16. The molecule has 0 spiro atoms. The van der Waals surface area contributed by atoms with Crippen LogP contribution in [-0.4, -0.2) is 22.2 Å². The molecular weight excluding hydrogens is 675 g/mol. The second-order valence-electron chi connectivity index (χ2n) is 6.14. The first-order valence-corrected chi connectivity index (χ1v) is 11.0. The molecule has 0 unspecified atom stereocenters. The van der Waals surface area contributed by atoms with Gasteiger partial charge in [-0.15, -0.1) is 0 Å². The zero-order valence-corrected chi connectivity index (χ0v) is 20.6. The summed E-state index contributed by atoms with van der Waals surface area (Å²) in [5.41, 5.74) is 7.31. The molecule has 0 saturated carbocycles. The van der Waals surface area contributed by atoms with Gasteiger partial charge in [-0.3, -0.25) is 4.79 Å². The number of carbonyl (C=O) groups is 1. The fourth-order valence-corrected chi connectivity index (χ4v) is 5.12. The third kappa shape index (κ3) is 5.35. The van der Waals surface area contributed by atoms with Gasteiger partial charge in [0.15, 0.2) is 5.75 Å². The second kappa shape index (κ2) is 9.24. The van der Waals surface area contributed by atoms with Gasteiger partial charge in [-0.2, -0.15) is 0 Å². The topological polar surface area (TPSA) is 92.8 Å². The maximum Gasteiger partial charge on any atom is 0.320 e. The molecule has 140 valence electrons. The fraction of sp³-hybridized carbons (Fsp3) is 0.278. The van der Waals surface area contributed by atoms with E-state index in [4.69, 9.17) is 15.6 Å². The highest BCUT2D eigenvalue weighted by molar-refractivity contribution is 14.1. The monoisotopic (exact) mass is 693 g/mol. The van der Waals surface area contributed by atoms with E-state index in [0.29, 0.717) is 11.5 Å². The molecule has 0 heterocycles. The molecule has 0 aliphatic carbocycles. The number of carboxylic acid groups (broad SMARTS) is 1. The lowest BCUT2D eigenvalue weighted by Crippen LogP contribution is -2.32. The van der Waals surface area contributed by atoms with Gasteiger partial charge in [-0.1, -0.05) is 13.8 Å². The van der Waals surface area contributed by atoms with Crippen LogP contribution in [-0.2, 0) is 11.2 Å². The number of phenols is 1. The van der Waals surface area contributed by atoms with Gasteiger partial charge in [0.05, 0.1) is 10.7 Å². The lowest BCUT2D eigenvalue weighted by molar-refractivity contribution is -0.138. The van der Waals surface area contributed by atoms with Crippen molar-refractivity contribution in [3.63, 3.8) is 0 Å². The van der Waals surface area contributed by atoms with E-state index in [9.17, 15) is 9.90 Å². The summed E-state index contributed by atoms with van der Waals surface area (Å²) in [6.45, 7) is 4.03. The normalized spacial score (nSPS) is 12.3. The van der Waals surface area contributed by atoms with Crippen molar-refractivity contribution in [2.75, 3.05) is 0 Å². The molecule has 4 N–H and O–H groups in total. The molecular formula is C18H18I3NO4. The largest absolute Gasteiger partial charge is 0.507 e. The second-order valence-corrected chi connectivity index (χ2v) is 9.62. The van der Waals surface area contributed by atoms with Crippen molar-refractivity contribution in [2.45, 2.75) is 32.2 Å². The van der Waals surface area contributed by atoms with Crippen LogP contribution in [0, 0.1) is 10.7 Å². The van der Waals surface area contributed by atoms with E-state index in [0.717, 1.165) is 21.8 Å². The summed E-state index contributed by atoms with van der Waals surface area (Å²) in [4.78, 5) is 11.0. The standard InChI is InChI=1S/C18H18I3NO4/c1-8(2)11-6-10(7-12(19)16(11)23)26-17-13(20)3-9(4-14(17)21)5-15(22)18(24)25/h3-4,6-8,15,23H,5,22H2,1-2H3,(H,24,25)/t15-/m0/s1. The Bertz CT molecular complexity index is 816. The molecule has 0 radical (unpaired) electrons. The smallest absolute Gasteiger partial charge is 0.320 e. The Labute approximate surface area is 193 Å². The zero-order valence-electron chi connectivity index (χ0n) is 14.1. The minimum Gasteiger partial charge on any atom is -0.507 e. The van der Waals surface area contributed by atoms with Gasteiger partial charge in [0, 0.05) is 5.56 Å². The number of carboxylic acids is 1. The molecule has 2 aromatic rings. The van der Waals surface area contributed by atoms with E-state index >= 15 is 0 Å². The number of nitrogens with two attached hydrogens (primary N) is 1. The van der Waals surface area contributed by atoms with Crippen molar-refractivity contribution in [1.29, 1.82) is 0 Å². The molecule has 2 rings (SSSR count). The number of halogens is 3. The summed E-state index contributed by atoms with van der Waals surface area (Å²) in [5, 5.41) is 19.2. The van der Waals surface area contributed by atoms with Gasteiger partial charge in [0.25, 0.3) is 0 Å². The predicted molar refractivity (Wildman–Crippen MR) is 126 cm³/mol. The molecule has 0 amide bonds. The Morgan fingerprint density at radius 2 is 1.69 bits per heavy atom. The average Bonchev–Trinajstić information content (AvgIpc) is 2.53. The SMILES string of the molecule is CC(C)c1cc(Oc2c(I)cc(C[C@H](N)C(=O)O)cc2I)cc(I)c1O. The highest BCUT2D eigenvalue weighted by atomic mass is 127. The van der Waals surface area contributed by atoms with Crippen LogP contribution in [0.5, 0.6) is 17.2 Å². The summed E-state index contributed by atoms with van der Waals surface area (Å²) in [6, 6.07) is 6.48. The van der Waals surface area contributed by atoms with Gasteiger partial charge >= 0.3 is 5.97 Å². The first kappa shape index (κ1) is 22.0. The van der Waals surface area contributed by atoms with Crippen molar-refractivity contribution in [2.24, 2.45) is 5.73 Å². The Balaban J connectivity index is 2.35. The molecule has 0 bridgehead atoms. The summed E-state index contributed by atoms with van der Waals surface area (Å²) >= 11 is 6.43. The van der Waals surface area contributed by atoms with Crippen molar-refractivity contribution in [3.05, 3.63) is 46.1 Å². The van der Waals surface area contributed by atoms with E-state index < -0.39 is 12.0 Å². The summed E-state index contributed by atoms with van der Waals surface area (Å²) in [7, 11) is 0. The van der Waals surface area contributed by atoms with Crippen molar-refractivity contribution in [1.82, 2.24) is 0 Å². The molecule has 0 aliphatic heterocycles. The number of benzene rings is 2. The first-order valence-electron chi connectivity index (χ1n) is 7.76. The molecule has 0 aromatic heterocycles. The van der Waals surface area contributed by atoms with Crippen LogP contribution in [0.25, 0.3) is 0 Å². The van der Waals surface area contributed by atoms with Crippen molar-refractivity contribution >= 4 is 73.7 Å². The van der Waals surface area contributed by atoms with Crippen LogP contribution in [0.4, 0.5) is 0 Å². The molecule has 8 heteroatoms. The van der Waals surface area contributed by atoms with Gasteiger partial charge < -0.3 is 20.7 Å². The fourth-order valence-electron chi connectivity index (χ4n) is 2.38. The number of phenolic OH excluding ortho intramolecular Hbond substituents is 1. The van der Waals surface area contributed by atoms with Crippen LogP contribution >= 0.6 is 67.8 Å². The minimum absolute atomic E-state index is 0.171. The van der Waals surface area contributed by atoms with Crippen molar-refractivity contribution in [3.8, 4) is 17.2 Å². The molecule has 0 saturated heterocycles. The van der Waals surface area contributed by atoms with E-state index in [2.05, 4.69) is 67.8 Å². The summed E-state index contributed by atoms with van der Waals surface area (Å²) < 4.78 is 8.57. The lowest BCUT2D eigenvalue weighted by Gasteiger charge is -2.16. The molecule has 5 nitrogen and oxygen atoms in total. The van der Waals surface area contributed by atoms with Crippen LogP contribution in [0.1, 0.15) is 30.9 Å². The van der Waals surface area contributed by atoms with Crippen LogP contribution in [0.2, 0.25) is 0 Å². The summed E-state index contributed by atoms with van der Waals surface area (Å²) in [5.74, 6) is 0.799.